The van der Waals surface area contributed by atoms with E-state index in [-0.39, 0.29) is 16.7 Å². The largest absolute Gasteiger partial charge is 0.508 e. The van der Waals surface area contributed by atoms with E-state index in [1.54, 1.807) is 42.5 Å². The summed E-state index contributed by atoms with van der Waals surface area (Å²) in [6.45, 7) is 0.205. The van der Waals surface area contributed by atoms with Gasteiger partial charge in [0.05, 0.1) is 32.0 Å². The lowest BCUT2D eigenvalue weighted by Gasteiger charge is -2.23. The van der Waals surface area contributed by atoms with Crippen molar-refractivity contribution in [1.29, 1.82) is 5.41 Å². The highest BCUT2D eigenvalue weighted by atomic mass is 31.2. The molecule has 3 aromatic carbocycles. The van der Waals surface area contributed by atoms with E-state index in [1.807, 2.05) is 6.92 Å². The fraction of sp³-hybridized carbons (Fsp3) is 0.379. The van der Waals surface area contributed by atoms with Gasteiger partial charge in [-0.2, -0.15) is 0 Å². The van der Waals surface area contributed by atoms with Crippen molar-refractivity contribution >= 4 is 136 Å². The number of aromatic hydroxyl groups is 1. The van der Waals surface area contributed by atoms with Crippen molar-refractivity contribution in [2.75, 3.05) is 13.2 Å². The van der Waals surface area contributed by atoms with Crippen LogP contribution in [-0.4, -0.2) is 298 Å². The van der Waals surface area contributed by atoms with Gasteiger partial charge in [0.15, 0.2) is 42.1 Å². The first-order valence-corrected chi connectivity index (χ1v) is 34.3. The summed E-state index contributed by atoms with van der Waals surface area (Å²) in [6.07, 6.45) is -8.61. The number of para-hydroxylation sites is 2. The van der Waals surface area contributed by atoms with Crippen LogP contribution in [0.3, 0.4) is 0 Å². The van der Waals surface area contributed by atoms with Crippen LogP contribution in [0, 0.1) is 5.41 Å². The molecule has 7 rings (SSSR count). The van der Waals surface area contributed by atoms with Gasteiger partial charge in [0, 0.05) is 52.6 Å². The van der Waals surface area contributed by atoms with Crippen LogP contribution < -0.4 is 0 Å². The Labute approximate surface area is 619 Å². The van der Waals surface area contributed by atoms with Gasteiger partial charge in [-0.1, -0.05) is 61.9 Å². The maximum Gasteiger partial charge on any atom is 0.470 e. The minimum atomic E-state index is -5.97. The molecule has 4 heterocycles. The molecule has 0 amide bonds. The Kier molecular flexibility index (Phi) is 29.4. The molecule has 44 heteroatoms. The van der Waals surface area contributed by atoms with Crippen molar-refractivity contribution in [3.63, 3.8) is 0 Å². The van der Waals surface area contributed by atoms with Gasteiger partial charge in [-0.3, -0.25) is 29.1 Å². The second kappa shape index (κ2) is 38.2. The molecule has 1 saturated heterocycles. The van der Waals surface area contributed by atoms with Gasteiger partial charge in [0.2, 0.25) is 70.8 Å². The van der Waals surface area contributed by atoms with Gasteiger partial charge in [-0.05, 0) is 61.2 Å². The maximum atomic E-state index is 15.1. The standard InChI is InChI=1S/C66H77N14O29P/c1-3-8-44-53(108-44)65(102)77-43(27-81)61(98)79-50-28(2)107-66(103)42(20-31-25-69-36-12-7-5-10-34(31)36)76-57(94)37(17-18-46(84)85)71-64(101)52(54(55(67)92)109-110(104,105)106)78-45(83)26-70-56(93)39(21-47(86)87)75-63(100)51(29-13-15-32(82)16-14-29)80-60(97)41(23-49(90)91)73-59(96)40(22-48(88)89)72-58(95)38(74-62(50)99)19-30-24-68-35-11-6-4-9-33(30)35/h4-7,9-16,20,24-25,28,37-41,43-44,50-54,68-69,81-82H,3,8,17-19,21-23,26-27H2,1-2H3,(H2,67,92)(H,70,93)(H,71,101)(H,72,95)(H,73,96)(H,74,99)(H,75,100)(H,76,94)(H,77,102)(H,78,83)(H,79,98)(H,80,97)(H,84,85)(H,86,87)(H,88,89)(H,90,91)(H2,104,105,106). The minimum absolute atomic E-state index is 0.0573. The number of phosphoric ester groups is 1. The molecule has 0 radical (unpaired) electrons. The number of aliphatic hydroxyl groups is 13. The summed E-state index contributed by atoms with van der Waals surface area (Å²) >= 11 is 0. The summed E-state index contributed by atoms with van der Waals surface area (Å²) in [7, 11) is -5.97. The highest BCUT2D eigenvalue weighted by molar-refractivity contribution is 7.46. The van der Waals surface area contributed by atoms with Crippen molar-refractivity contribution in [2.24, 2.45) is 54.9 Å². The molecule has 2 aliphatic heterocycles. The average molecular weight is 1560 g/mol. The van der Waals surface area contributed by atoms with Crippen LogP contribution in [-0.2, 0) is 49.0 Å². The molecule has 0 spiro atoms. The number of aliphatic hydroxyl groups excluding tert-OH is 13. The number of epoxide rings is 1. The molecule has 13 atom stereocenters. The lowest BCUT2D eigenvalue weighted by Crippen LogP contribution is -2.41. The summed E-state index contributed by atoms with van der Waals surface area (Å²) in [5, 5.41) is 209. The molecule has 23 N–H and O–H groups in total. The summed E-state index contributed by atoms with van der Waals surface area (Å²) in [6, 6.07) is -4.00. The smallest absolute Gasteiger partial charge is 0.470 e. The van der Waals surface area contributed by atoms with Crippen LogP contribution in [0.5, 0.6) is 5.75 Å². The zero-order chi connectivity index (χ0) is 81.0. The average Bonchev–Trinajstić information content (AvgIpc) is 1.86. The van der Waals surface area contributed by atoms with E-state index in [4.69, 9.17) is 14.9 Å². The lowest BCUT2D eigenvalue weighted by atomic mass is 10.0. The molecule has 5 aromatic rings. The van der Waals surface area contributed by atoms with E-state index >= 15 is 4.79 Å². The van der Waals surface area contributed by atoms with Gasteiger partial charge >= 0.3 is 37.7 Å². The number of H-pyrrole nitrogens is 2. The number of esters is 1. The third kappa shape index (κ3) is 24.2. The molecule has 13 unspecified atom stereocenters. The Bertz CT molecular complexity index is 4650. The number of carboxylic acids is 4. The quantitative estimate of drug-likeness (QED) is 0.00969. The Hall–Kier alpha value is -12.7. The molecule has 2 aromatic heterocycles. The van der Waals surface area contributed by atoms with Crippen molar-refractivity contribution in [2.45, 2.75) is 144 Å². The molecule has 0 bridgehead atoms. The summed E-state index contributed by atoms with van der Waals surface area (Å²) in [5.41, 5.74) is -0.168. The maximum absolute atomic E-state index is 15.1. The number of hydrogen-bond donors (Lipinski definition) is 23. The van der Waals surface area contributed by atoms with Crippen molar-refractivity contribution in [1.82, 2.24) is 9.97 Å². The number of aliphatic imine (C=N–C) groups is 11. The highest BCUT2D eigenvalue weighted by Crippen LogP contribution is 2.39. The number of fused-ring (bicyclic) bond motifs is 2. The molecule has 43 nitrogen and oxygen atoms in total. The third-order valence-corrected chi connectivity index (χ3v) is 16.5. The molecule has 110 heavy (non-hydrogen) atoms. The van der Waals surface area contributed by atoms with Crippen LogP contribution in [0.1, 0.15) is 81.5 Å². The number of carbonyl (C=O) groups excluding carboxylic acids is 1. The Morgan fingerprint density at radius 2 is 1.20 bits per heavy atom. The van der Waals surface area contributed by atoms with Gasteiger partial charge < -0.3 is 121 Å². The number of carbonyl (C=O) groups is 5. The zero-order valence-electron chi connectivity index (χ0n) is 57.7. The number of phosphoric acid groups is 1. The van der Waals surface area contributed by atoms with Crippen LogP contribution >= 0.6 is 7.82 Å². The van der Waals surface area contributed by atoms with Crippen molar-refractivity contribution in [3.05, 3.63) is 108 Å². The number of ether oxygens (including phenoxy) is 2. The molecule has 590 valence electrons. The monoisotopic (exact) mass is 1560 g/mol. The molecule has 0 aliphatic carbocycles. The fourth-order valence-corrected chi connectivity index (χ4v) is 11.2. The second-order valence-electron chi connectivity index (χ2n) is 24.3. The third-order valence-electron chi connectivity index (χ3n) is 16.0. The van der Waals surface area contributed by atoms with Gasteiger partial charge in [-0.15, -0.1) is 0 Å². The molecular formula is C66H77N14O29P. The van der Waals surface area contributed by atoms with E-state index in [9.17, 15) is 125 Å². The van der Waals surface area contributed by atoms with Gasteiger partial charge in [0.25, 0.3) is 0 Å². The van der Waals surface area contributed by atoms with Gasteiger partial charge in [-0.25, -0.2) is 64.3 Å². The van der Waals surface area contributed by atoms with Crippen LogP contribution in [0.25, 0.3) is 27.9 Å². The molecule has 1 fully saturated rings. The minimum Gasteiger partial charge on any atom is -0.508 e. The number of nitrogens with one attached hydrogen (secondary N) is 3. The molecule has 2 aliphatic rings. The van der Waals surface area contributed by atoms with E-state index in [0.717, 1.165) is 37.3 Å². The van der Waals surface area contributed by atoms with Crippen LogP contribution in [0.4, 0.5) is 0 Å². The fourth-order valence-electron chi connectivity index (χ4n) is 10.6. The number of nitrogens with zero attached hydrogens (tertiary/aromatic N) is 11. The number of aliphatic carboxylic acids is 4. The van der Waals surface area contributed by atoms with Crippen molar-refractivity contribution < 1.29 is 144 Å². The Morgan fingerprint density at radius 1 is 0.655 bits per heavy atom. The van der Waals surface area contributed by atoms with E-state index in [2.05, 4.69) is 69.4 Å². The predicted molar refractivity (Wildman–Crippen MR) is 392 cm³/mol. The first kappa shape index (κ1) is 84.6. The second-order valence-corrected chi connectivity index (χ2v) is 25.4. The number of rotatable bonds is 24. The van der Waals surface area contributed by atoms with E-state index in [0.29, 0.717) is 34.6 Å². The Balaban J connectivity index is 1.57. The number of phenols is 1. The summed E-state index contributed by atoms with van der Waals surface area (Å²) < 4.78 is 28.2. The number of carboxylic acid groups (broad SMARTS) is 4. The van der Waals surface area contributed by atoms with Crippen LogP contribution in [0.2, 0.25) is 0 Å². The summed E-state index contributed by atoms with van der Waals surface area (Å²) in [5.74, 6) is -26.3. The topological polar surface area (TPSA) is 729 Å². The first-order chi connectivity index (χ1) is 51.9. The highest BCUT2D eigenvalue weighted by Gasteiger charge is 2.44. The predicted octanol–water partition coefficient (Wildman–Crippen LogP) is 4.96. The number of benzene rings is 3. The first-order valence-electron chi connectivity index (χ1n) is 32.8. The zero-order valence-corrected chi connectivity index (χ0v) is 58.6. The van der Waals surface area contributed by atoms with E-state index in [1.165, 1.54) is 18.5 Å². The number of aromatic amines is 2. The van der Waals surface area contributed by atoms with Gasteiger partial charge in [0.1, 0.15) is 48.6 Å². The Morgan fingerprint density at radius 3 is 1.78 bits per heavy atom. The van der Waals surface area contributed by atoms with Crippen LogP contribution in [0.15, 0.2) is 146 Å². The number of cyclic esters (lactones) is 1. The van der Waals surface area contributed by atoms with Crippen molar-refractivity contribution in [3.8, 4) is 5.75 Å². The van der Waals surface area contributed by atoms with E-state index < -0.39 is 250 Å². The number of phenolic OH excluding ortho intramolecular Hbond substituents is 1. The normalized spacial score (nSPS) is 24.1. The molecular weight excluding hydrogens is 1480 g/mol. The lowest BCUT2D eigenvalue weighted by molar-refractivity contribution is -0.144. The molecule has 0 saturated carbocycles. The number of hydrogen-bond acceptors (Lipinski definition) is 23. The number of aromatic nitrogens is 2. The summed E-state index contributed by atoms with van der Waals surface area (Å²) in [4.78, 5) is 133. The SMILES string of the molecule is CCCC1OC1C(O)=NC(CO)C(O)=NC1C(O)=NC(Cc2c[nH]c3ccccc23)C(O)=NC(CC(=O)O)C(O)=NC(CC(=O)O)C(O)=NC(c2ccc(O)cc2)C(O)=NC(CC(=O)O)C(O)=NCC(O)=NC(C(OP(=O)(O)O)C(=N)O)C(O)=NC(CCC(=O)O)C(O)=NC(=Cc2c[nH]c3ccccc23)C(=O)OC1C.